The summed E-state index contributed by atoms with van der Waals surface area (Å²) in [5, 5.41) is 0. The molecule has 0 N–H and O–H groups in total. The second-order valence-corrected chi connectivity index (χ2v) is 4.84. The van der Waals surface area contributed by atoms with Crippen molar-refractivity contribution < 1.29 is 28.7 Å². The normalized spacial score (nSPS) is 26.7. The predicted molar refractivity (Wildman–Crippen MR) is 59.4 cm³/mol. The van der Waals surface area contributed by atoms with Gasteiger partial charge < -0.3 is 9.47 Å². The van der Waals surface area contributed by atoms with Gasteiger partial charge in [-0.3, -0.25) is 19.2 Å². The average molecular weight is 256 g/mol. The van der Waals surface area contributed by atoms with Crippen molar-refractivity contribution in [2.45, 2.75) is 20.3 Å². The standard InChI is InChI=1S/C12H16O6/c1-12(2)8(10(15)17-3)6(13)5-7(14)9(12)11(16)18-4/h8-9H,5H2,1-4H3/t8-,9-/m1/s1. The molecule has 2 atom stereocenters. The van der Waals surface area contributed by atoms with E-state index in [1.54, 1.807) is 0 Å². The SMILES string of the molecule is COC(=O)[C@H]1C(=O)CC(=O)[C@H](C(=O)OC)C1(C)C. The summed E-state index contributed by atoms with van der Waals surface area (Å²) in [7, 11) is 2.32. The van der Waals surface area contributed by atoms with Gasteiger partial charge in [0, 0.05) is 5.41 Å². The average Bonchev–Trinajstić information content (AvgIpc) is 2.26. The van der Waals surface area contributed by atoms with Crippen molar-refractivity contribution in [3.8, 4) is 0 Å². The van der Waals surface area contributed by atoms with Crippen molar-refractivity contribution in [3.05, 3.63) is 0 Å². The summed E-state index contributed by atoms with van der Waals surface area (Å²) in [5.41, 5.74) is -1.15. The van der Waals surface area contributed by atoms with E-state index in [1.165, 1.54) is 13.8 Å². The molecule has 0 saturated heterocycles. The fourth-order valence-corrected chi connectivity index (χ4v) is 2.48. The second kappa shape index (κ2) is 4.88. The highest BCUT2D eigenvalue weighted by Crippen LogP contribution is 2.42. The van der Waals surface area contributed by atoms with Crippen LogP contribution in [0.15, 0.2) is 0 Å². The highest BCUT2D eigenvalue weighted by atomic mass is 16.5. The molecule has 6 heteroatoms. The quantitative estimate of drug-likeness (QED) is 0.515. The molecule has 0 aromatic heterocycles. The minimum absolute atomic E-state index is 0.442. The topological polar surface area (TPSA) is 86.7 Å². The third-order valence-electron chi connectivity index (χ3n) is 3.35. The van der Waals surface area contributed by atoms with Crippen molar-refractivity contribution in [2.75, 3.05) is 14.2 Å². The van der Waals surface area contributed by atoms with Gasteiger partial charge in [-0.15, -0.1) is 0 Å². The largest absolute Gasteiger partial charge is 0.468 e. The lowest BCUT2D eigenvalue weighted by Crippen LogP contribution is -2.53. The van der Waals surface area contributed by atoms with Gasteiger partial charge >= 0.3 is 11.9 Å². The van der Waals surface area contributed by atoms with Gasteiger partial charge in [0.05, 0.1) is 20.6 Å². The van der Waals surface area contributed by atoms with E-state index in [9.17, 15) is 19.2 Å². The number of Topliss-reactive ketones (excluding diaryl/α,β-unsaturated/α-hetero) is 2. The zero-order chi connectivity index (χ0) is 14.1. The summed E-state index contributed by atoms with van der Waals surface area (Å²) in [6.45, 7) is 3.04. The molecule has 6 nitrogen and oxygen atoms in total. The number of methoxy groups -OCH3 is 2. The Labute approximate surface area is 105 Å². The molecular weight excluding hydrogens is 240 g/mol. The van der Waals surface area contributed by atoms with E-state index >= 15 is 0 Å². The molecule has 0 spiro atoms. The molecule has 0 heterocycles. The van der Waals surface area contributed by atoms with Gasteiger partial charge in [-0.05, 0) is 0 Å². The Kier molecular flexibility index (Phi) is 3.88. The third-order valence-corrected chi connectivity index (χ3v) is 3.35. The Balaban J connectivity index is 3.22. The van der Waals surface area contributed by atoms with Gasteiger partial charge in [-0.2, -0.15) is 0 Å². The maximum absolute atomic E-state index is 11.8. The number of carbonyl (C=O) groups is 4. The molecule has 0 aromatic rings. The van der Waals surface area contributed by atoms with Crippen LogP contribution in [0.3, 0.4) is 0 Å². The minimum Gasteiger partial charge on any atom is -0.468 e. The summed E-state index contributed by atoms with van der Waals surface area (Å²) in [6, 6.07) is 0. The molecular formula is C12H16O6. The lowest BCUT2D eigenvalue weighted by atomic mass is 9.61. The van der Waals surface area contributed by atoms with Gasteiger partial charge in [0.1, 0.15) is 11.8 Å². The van der Waals surface area contributed by atoms with Gasteiger partial charge in [0.2, 0.25) is 0 Å². The molecule has 1 saturated carbocycles. The molecule has 1 rings (SSSR count). The van der Waals surface area contributed by atoms with Crippen LogP contribution < -0.4 is 0 Å². The first kappa shape index (κ1) is 14.3. The van der Waals surface area contributed by atoms with E-state index in [1.807, 2.05) is 0 Å². The Morgan fingerprint density at radius 2 is 1.33 bits per heavy atom. The number of esters is 2. The van der Waals surface area contributed by atoms with Crippen LogP contribution >= 0.6 is 0 Å². The van der Waals surface area contributed by atoms with E-state index in [4.69, 9.17) is 0 Å². The lowest BCUT2D eigenvalue weighted by Gasteiger charge is -2.39. The fourth-order valence-electron chi connectivity index (χ4n) is 2.48. The molecule has 0 radical (unpaired) electrons. The molecule has 0 amide bonds. The first-order valence-corrected chi connectivity index (χ1v) is 5.48. The zero-order valence-electron chi connectivity index (χ0n) is 10.8. The van der Waals surface area contributed by atoms with Crippen LogP contribution in [-0.2, 0) is 28.7 Å². The molecule has 0 aliphatic heterocycles. The summed E-state index contributed by atoms with van der Waals surface area (Å²) in [4.78, 5) is 46.9. The Bertz CT molecular complexity index is 373. The number of rotatable bonds is 2. The lowest BCUT2D eigenvalue weighted by molar-refractivity contribution is -0.168. The van der Waals surface area contributed by atoms with E-state index in [0.29, 0.717) is 0 Å². The Morgan fingerprint density at radius 3 is 1.61 bits per heavy atom. The van der Waals surface area contributed by atoms with Crippen LogP contribution in [0.4, 0.5) is 0 Å². The number of carbonyl (C=O) groups excluding carboxylic acids is 4. The summed E-state index contributed by atoms with van der Waals surface area (Å²) < 4.78 is 9.14. The van der Waals surface area contributed by atoms with E-state index in [-0.39, 0.29) is 0 Å². The van der Waals surface area contributed by atoms with E-state index < -0.39 is 47.2 Å². The van der Waals surface area contributed by atoms with Crippen LogP contribution in [0.2, 0.25) is 0 Å². The second-order valence-electron chi connectivity index (χ2n) is 4.84. The Morgan fingerprint density at radius 1 is 1.00 bits per heavy atom. The molecule has 0 unspecified atom stereocenters. The van der Waals surface area contributed by atoms with Gasteiger partial charge in [0.15, 0.2) is 11.6 Å². The third kappa shape index (κ3) is 2.14. The van der Waals surface area contributed by atoms with Crippen molar-refractivity contribution in [1.82, 2.24) is 0 Å². The van der Waals surface area contributed by atoms with Crippen molar-refractivity contribution in [3.63, 3.8) is 0 Å². The summed E-state index contributed by atoms with van der Waals surface area (Å²) in [6.07, 6.45) is -0.442. The van der Waals surface area contributed by atoms with Crippen LogP contribution in [0.5, 0.6) is 0 Å². The van der Waals surface area contributed by atoms with Crippen LogP contribution in [0.1, 0.15) is 20.3 Å². The van der Waals surface area contributed by atoms with Crippen LogP contribution in [0, 0.1) is 17.3 Å². The molecule has 0 bridgehead atoms. The fraction of sp³-hybridized carbons (Fsp3) is 0.667. The van der Waals surface area contributed by atoms with Gasteiger partial charge in [0.25, 0.3) is 0 Å². The molecule has 1 aliphatic rings. The monoisotopic (exact) mass is 256 g/mol. The minimum atomic E-state index is -1.15. The first-order chi connectivity index (χ1) is 8.27. The predicted octanol–water partition coefficient (Wildman–Crippen LogP) is 0.133. The highest BCUT2D eigenvalue weighted by molar-refractivity contribution is 6.16. The summed E-state index contributed by atoms with van der Waals surface area (Å²) in [5.74, 6) is -4.74. The number of ketones is 2. The number of ether oxygens (including phenoxy) is 2. The van der Waals surface area contributed by atoms with Crippen molar-refractivity contribution in [1.29, 1.82) is 0 Å². The molecule has 1 aliphatic carbocycles. The maximum Gasteiger partial charge on any atom is 0.316 e. The number of hydrogen-bond donors (Lipinski definition) is 0. The molecule has 1 fully saturated rings. The molecule has 0 aromatic carbocycles. The van der Waals surface area contributed by atoms with Crippen molar-refractivity contribution in [2.24, 2.45) is 17.3 Å². The van der Waals surface area contributed by atoms with E-state index in [2.05, 4.69) is 9.47 Å². The zero-order valence-corrected chi connectivity index (χ0v) is 10.8. The maximum atomic E-state index is 11.8. The molecule has 100 valence electrons. The van der Waals surface area contributed by atoms with E-state index in [0.717, 1.165) is 14.2 Å². The summed E-state index contributed by atoms with van der Waals surface area (Å²) >= 11 is 0. The van der Waals surface area contributed by atoms with Gasteiger partial charge in [-0.25, -0.2) is 0 Å². The molecule has 18 heavy (non-hydrogen) atoms. The smallest absolute Gasteiger partial charge is 0.316 e. The highest BCUT2D eigenvalue weighted by Gasteiger charge is 2.56. The van der Waals surface area contributed by atoms with Crippen LogP contribution in [0.25, 0.3) is 0 Å². The first-order valence-electron chi connectivity index (χ1n) is 5.48. The Hall–Kier alpha value is -1.72. The van der Waals surface area contributed by atoms with Gasteiger partial charge in [-0.1, -0.05) is 13.8 Å². The number of hydrogen-bond acceptors (Lipinski definition) is 6. The van der Waals surface area contributed by atoms with Crippen LogP contribution in [-0.4, -0.2) is 37.7 Å². The van der Waals surface area contributed by atoms with Crippen molar-refractivity contribution >= 4 is 23.5 Å².